The van der Waals surface area contributed by atoms with Gasteiger partial charge in [0.1, 0.15) is 5.75 Å². The first-order valence-corrected chi connectivity index (χ1v) is 8.47. The lowest BCUT2D eigenvalue weighted by Crippen LogP contribution is -2.20. The molecule has 128 valence electrons. The maximum atomic E-state index is 12.5. The van der Waals surface area contributed by atoms with E-state index in [9.17, 15) is 4.79 Å². The summed E-state index contributed by atoms with van der Waals surface area (Å²) in [6.07, 6.45) is 0. The number of anilines is 1. The van der Waals surface area contributed by atoms with E-state index in [4.69, 9.17) is 4.74 Å². The minimum absolute atomic E-state index is 0.0476. The van der Waals surface area contributed by atoms with Crippen molar-refractivity contribution in [1.82, 2.24) is 4.98 Å². The van der Waals surface area contributed by atoms with E-state index in [2.05, 4.69) is 10.3 Å². The van der Waals surface area contributed by atoms with E-state index in [1.807, 2.05) is 79.7 Å². The number of hydrogen-bond acceptors (Lipinski definition) is 3. The number of nitrogens with one attached hydrogen (secondary N) is 1. The first-order chi connectivity index (χ1) is 12.7. The molecule has 4 nitrogen and oxygen atoms in total. The third kappa shape index (κ3) is 3.22. The topological polar surface area (TPSA) is 51.2 Å². The summed E-state index contributed by atoms with van der Waals surface area (Å²) in [4.78, 5) is 17.1. The standard InChI is InChI=1S/C22H18N2O2/c1-15-10-12-16(13-11-15)26-14-21(25)24-22-17-6-2-4-8-19(17)23-20-9-5-3-7-18(20)22/h2-13H,14H2,1H3,(H,23,24,25). The van der Waals surface area contributed by atoms with Crippen LogP contribution in [0.25, 0.3) is 21.8 Å². The van der Waals surface area contributed by atoms with Gasteiger partial charge in [-0.3, -0.25) is 4.79 Å². The molecule has 0 radical (unpaired) electrons. The molecule has 0 aliphatic rings. The van der Waals surface area contributed by atoms with Crippen molar-refractivity contribution in [3.63, 3.8) is 0 Å². The lowest BCUT2D eigenvalue weighted by Gasteiger charge is -2.13. The van der Waals surface area contributed by atoms with E-state index in [-0.39, 0.29) is 12.5 Å². The van der Waals surface area contributed by atoms with Gasteiger partial charge in [-0.1, -0.05) is 54.1 Å². The molecular weight excluding hydrogens is 324 g/mol. The van der Waals surface area contributed by atoms with Gasteiger partial charge in [0.2, 0.25) is 0 Å². The van der Waals surface area contributed by atoms with Gasteiger partial charge in [-0.2, -0.15) is 0 Å². The summed E-state index contributed by atoms with van der Waals surface area (Å²) in [5.41, 5.74) is 3.61. The van der Waals surface area contributed by atoms with E-state index >= 15 is 0 Å². The quantitative estimate of drug-likeness (QED) is 0.546. The normalized spacial score (nSPS) is 10.8. The van der Waals surface area contributed by atoms with E-state index in [0.29, 0.717) is 5.75 Å². The second-order valence-electron chi connectivity index (χ2n) is 6.17. The molecule has 0 unspecified atom stereocenters. The molecule has 0 spiro atoms. The van der Waals surface area contributed by atoms with Crippen molar-refractivity contribution < 1.29 is 9.53 Å². The van der Waals surface area contributed by atoms with Gasteiger partial charge in [0.15, 0.2) is 6.61 Å². The van der Waals surface area contributed by atoms with Crippen LogP contribution in [0.5, 0.6) is 5.75 Å². The summed E-state index contributed by atoms with van der Waals surface area (Å²) in [5, 5.41) is 4.83. The zero-order valence-corrected chi connectivity index (χ0v) is 14.4. The van der Waals surface area contributed by atoms with Crippen LogP contribution in [0, 0.1) is 6.92 Å². The molecule has 0 saturated carbocycles. The van der Waals surface area contributed by atoms with Crippen molar-refractivity contribution in [2.24, 2.45) is 0 Å². The SMILES string of the molecule is Cc1ccc(OCC(=O)Nc2c3ccccc3nc3ccccc23)cc1. The molecule has 26 heavy (non-hydrogen) atoms. The number of benzene rings is 3. The molecule has 1 heterocycles. The molecular formula is C22H18N2O2. The monoisotopic (exact) mass is 342 g/mol. The molecule has 4 rings (SSSR count). The predicted octanol–water partition coefficient (Wildman–Crippen LogP) is 4.71. The lowest BCUT2D eigenvalue weighted by molar-refractivity contribution is -0.118. The van der Waals surface area contributed by atoms with Crippen LogP contribution in [0.1, 0.15) is 5.56 Å². The van der Waals surface area contributed by atoms with Crippen molar-refractivity contribution in [1.29, 1.82) is 0 Å². The van der Waals surface area contributed by atoms with Gasteiger partial charge in [-0.05, 0) is 31.2 Å². The zero-order chi connectivity index (χ0) is 17.9. The summed E-state index contributed by atoms with van der Waals surface area (Å²) in [7, 11) is 0. The third-order valence-corrected chi connectivity index (χ3v) is 4.24. The average Bonchev–Trinajstić information content (AvgIpc) is 2.67. The Morgan fingerprint density at radius 1 is 0.885 bits per heavy atom. The zero-order valence-electron chi connectivity index (χ0n) is 14.4. The molecule has 0 fully saturated rings. The number of ether oxygens (including phenoxy) is 1. The van der Waals surface area contributed by atoms with Gasteiger partial charge < -0.3 is 10.1 Å². The number of para-hydroxylation sites is 2. The van der Waals surface area contributed by atoms with Gasteiger partial charge in [-0.15, -0.1) is 0 Å². The Kier molecular flexibility index (Phi) is 4.23. The molecule has 0 saturated heterocycles. The fraction of sp³-hybridized carbons (Fsp3) is 0.0909. The number of hydrogen-bond donors (Lipinski definition) is 1. The summed E-state index contributed by atoms with van der Waals surface area (Å²) < 4.78 is 5.59. The molecule has 0 bridgehead atoms. The number of nitrogens with zero attached hydrogens (tertiary/aromatic N) is 1. The van der Waals surface area contributed by atoms with Crippen molar-refractivity contribution in [2.45, 2.75) is 6.92 Å². The molecule has 4 heteroatoms. The molecule has 0 aliphatic heterocycles. The number of aryl methyl sites for hydroxylation is 1. The van der Waals surface area contributed by atoms with Gasteiger partial charge in [0.05, 0.1) is 16.7 Å². The highest BCUT2D eigenvalue weighted by atomic mass is 16.5. The predicted molar refractivity (Wildman–Crippen MR) is 105 cm³/mol. The molecule has 4 aromatic rings. The van der Waals surface area contributed by atoms with Crippen LogP contribution < -0.4 is 10.1 Å². The third-order valence-electron chi connectivity index (χ3n) is 4.24. The van der Waals surface area contributed by atoms with Crippen molar-refractivity contribution in [3.8, 4) is 5.75 Å². The summed E-state index contributed by atoms with van der Waals surface area (Å²) in [5.74, 6) is 0.474. The van der Waals surface area contributed by atoms with Crippen molar-refractivity contribution in [3.05, 3.63) is 78.4 Å². The second kappa shape index (κ2) is 6.84. The van der Waals surface area contributed by atoms with E-state index < -0.39 is 0 Å². The average molecular weight is 342 g/mol. The minimum Gasteiger partial charge on any atom is -0.484 e. The van der Waals surface area contributed by atoms with Crippen molar-refractivity contribution in [2.75, 3.05) is 11.9 Å². The highest BCUT2D eigenvalue weighted by molar-refractivity contribution is 6.12. The maximum Gasteiger partial charge on any atom is 0.262 e. The largest absolute Gasteiger partial charge is 0.484 e. The molecule has 1 aromatic heterocycles. The van der Waals surface area contributed by atoms with Crippen LogP contribution in [-0.4, -0.2) is 17.5 Å². The number of pyridine rings is 1. The van der Waals surface area contributed by atoms with Gasteiger partial charge in [0.25, 0.3) is 5.91 Å². The van der Waals surface area contributed by atoms with Crippen LogP contribution in [0.3, 0.4) is 0 Å². The van der Waals surface area contributed by atoms with Crippen LogP contribution in [0.4, 0.5) is 5.69 Å². The Balaban J connectivity index is 1.62. The molecule has 1 amide bonds. The fourth-order valence-electron chi connectivity index (χ4n) is 2.93. The molecule has 0 aliphatic carbocycles. The highest BCUT2D eigenvalue weighted by Crippen LogP contribution is 2.30. The van der Waals surface area contributed by atoms with E-state index in [1.54, 1.807) is 0 Å². The van der Waals surface area contributed by atoms with E-state index in [0.717, 1.165) is 33.1 Å². The maximum absolute atomic E-state index is 12.5. The Morgan fingerprint density at radius 3 is 2.08 bits per heavy atom. The number of carbonyl (C=O) groups excluding carboxylic acids is 1. The minimum atomic E-state index is -0.202. The second-order valence-corrected chi connectivity index (χ2v) is 6.17. The van der Waals surface area contributed by atoms with Crippen molar-refractivity contribution >= 4 is 33.4 Å². The number of amides is 1. The van der Waals surface area contributed by atoms with Crippen LogP contribution >= 0.6 is 0 Å². The van der Waals surface area contributed by atoms with E-state index in [1.165, 1.54) is 0 Å². The Bertz CT molecular complexity index is 1030. The molecule has 3 aromatic carbocycles. The highest BCUT2D eigenvalue weighted by Gasteiger charge is 2.12. The number of rotatable bonds is 4. The Labute approximate surface area is 151 Å². The van der Waals surface area contributed by atoms with Crippen LogP contribution in [0.2, 0.25) is 0 Å². The summed E-state index contributed by atoms with van der Waals surface area (Å²) >= 11 is 0. The Hall–Kier alpha value is -3.40. The van der Waals surface area contributed by atoms with Crippen LogP contribution in [-0.2, 0) is 4.79 Å². The Morgan fingerprint density at radius 2 is 1.46 bits per heavy atom. The van der Waals surface area contributed by atoms with Crippen LogP contribution in [0.15, 0.2) is 72.8 Å². The summed E-state index contributed by atoms with van der Waals surface area (Å²) in [6, 6.07) is 23.2. The first kappa shape index (κ1) is 16.1. The number of fused-ring (bicyclic) bond motifs is 2. The molecule has 1 N–H and O–H groups in total. The fourth-order valence-corrected chi connectivity index (χ4v) is 2.93. The number of carbonyl (C=O) groups is 1. The smallest absolute Gasteiger partial charge is 0.262 e. The lowest BCUT2D eigenvalue weighted by atomic mass is 10.1. The summed E-state index contributed by atoms with van der Waals surface area (Å²) in [6.45, 7) is 1.96. The number of aromatic nitrogens is 1. The van der Waals surface area contributed by atoms with Gasteiger partial charge in [0, 0.05) is 10.8 Å². The first-order valence-electron chi connectivity index (χ1n) is 8.47. The van der Waals surface area contributed by atoms with Gasteiger partial charge >= 0.3 is 0 Å². The van der Waals surface area contributed by atoms with Gasteiger partial charge in [-0.25, -0.2) is 4.98 Å². The molecule has 0 atom stereocenters.